The topological polar surface area (TPSA) is 71.8 Å². The Hall–Kier alpha value is -1.95. The van der Waals surface area contributed by atoms with Crippen LogP contribution in [-0.4, -0.2) is 39.8 Å². The number of carbonyl (C=O) groups is 1. The fourth-order valence-electron chi connectivity index (χ4n) is 2.65. The maximum atomic E-state index is 12.1. The van der Waals surface area contributed by atoms with Gasteiger partial charge in [0.15, 0.2) is 5.65 Å². The Kier molecular flexibility index (Phi) is 3.64. The lowest BCUT2D eigenvalue weighted by molar-refractivity contribution is -0.122. The summed E-state index contributed by atoms with van der Waals surface area (Å²) in [5.41, 5.74) is 1.67. The van der Waals surface area contributed by atoms with E-state index in [1.54, 1.807) is 10.9 Å². The summed E-state index contributed by atoms with van der Waals surface area (Å²) in [6, 6.07) is 4.14. The molecule has 20 heavy (non-hydrogen) atoms. The van der Waals surface area contributed by atoms with E-state index >= 15 is 0 Å². The van der Waals surface area contributed by atoms with Crippen molar-refractivity contribution in [1.29, 1.82) is 0 Å². The van der Waals surface area contributed by atoms with Crippen LogP contribution in [0.25, 0.3) is 11.0 Å². The highest BCUT2D eigenvalue weighted by atomic mass is 16.2. The van der Waals surface area contributed by atoms with Gasteiger partial charge >= 0.3 is 0 Å². The molecular formula is C14H19N5O. The maximum absolute atomic E-state index is 12.1. The van der Waals surface area contributed by atoms with Crippen LogP contribution in [0.4, 0.5) is 0 Å². The van der Waals surface area contributed by atoms with Gasteiger partial charge in [0.1, 0.15) is 6.54 Å². The van der Waals surface area contributed by atoms with Gasteiger partial charge in [0.05, 0.1) is 5.69 Å². The van der Waals surface area contributed by atoms with Gasteiger partial charge in [0, 0.05) is 17.6 Å². The first-order chi connectivity index (χ1) is 9.74. The lowest BCUT2D eigenvalue weighted by atomic mass is 10.1. The molecule has 6 nitrogen and oxygen atoms in total. The summed E-state index contributed by atoms with van der Waals surface area (Å²) in [6.45, 7) is 4.10. The molecule has 0 aliphatic carbocycles. The lowest BCUT2D eigenvalue weighted by Gasteiger charge is -2.23. The van der Waals surface area contributed by atoms with E-state index in [2.05, 4.69) is 20.7 Å². The Balaban J connectivity index is 1.71. The van der Waals surface area contributed by atoms with Crippen LogP contribution in [-0.2, 0) is 11.3 Å². The Bertz CT molecular complexity index is 615. The standard InChI is InChI=1S/C14H19N5O/c1-10-12-3-2-6-16-14(12)19(18-10)9-13(20)17-11-4-7-15-8-5-11/h2-3,6,11,15H,4-5,7-9H2,1H3,(H,17,20). The molecule has 0 spiro atoms. The predicted octanol–water partition coefficient (Wildman–Crippen LogP) is 0.608. The third kappa shape index (κ3) is 2.65. The third-order valence-electron chi connectivity index (χ3n) is 3.69. The number of amides is 1. The second-order valence-electron chi connectivity index (χ2n) is 5.21. The zero-order valence-corrected chi connectivity index (χ0v) is 11.6. The summed E-state index contributed by atoms with van der Waals surface area (Å²) in [5.74, 6) is 0.00644. The highest BCUT2D eigenvalue weighted by Crippen LogP contribution is 2.14. The number of pyridine rings is 1. The van der Waals surface area contributed by atoms with Crippen molar-refractivity contribution in [1.82, 2.24) is 25.4 Å². The number of rotatable bonds is 3. The van der Waals surface area contributed by atoms with E-state index < -0.39 is 0 Å². The van der Waals surface area contributed by atoms with Gasteiger partial charge in [-0.3, -0.25) is 4.79 Å². The van der Waals surface area contributed by atoms with Crippen LogP contribution in [0, 0.1) is 6.92 Å². The SMILES string of the molecule is Cc1nn(CC(=O)NC2CCNCC2)c2ncccc12. The monoisotopic (exact) mass is 273 g/mol. The molecule has 1 aliphatic heterocycles. The van der Waals surface area contributed by atoms with Crippen molar-refractivity contribution in [3.8, 4) is 0 Å². The Morgan fingerprint density at radius 1 is 1.50 bits per heavy atom. The second kappa shape index (κ2) is 5.58. The number of nitrogens with one attached hydrogen (secondary N) is 2. The summed E-state index contributed by atoms with van der Waals surface area (Å²) in [5, 5.41) is 11.8. The Morgan fingerprint density at radius 2 is 2.30 bits per heavy atom. The molecule has 1 aliphatic rings. The molecule has 2 aromatic rings. The molecule has 0 atom stereocenters. The number of fused-ring (bicyclic) bond motifs is 1. The van der Waals surface area contributed by atoms with Gasteiger partial charge in [-0.05, 0) is 45.0 Å². The predicted molar refractivity (Wildman–Crippen MR) is 76.3 cm³/mol. The Labute approximate surface area is 117 Å². The minimum absolute atomic E-state index is 0.00644. The van der Waals surface area contributed by atoms with Crippen molar-refractivity contribution in [2.75, 3.05) is 13.1 Å². The van der Waals surface area contributed by atoms with Gasteiger partial charge in [-0.1, -0.05) is 0 Å². The normalized spacial score (nSPS) is 16.4. The molecule has 106 valence electrons. The molecule has 1 amide bonds. The molecule has 0 bridgehead atoms. The van der Waals surface area contributed by atoms with E-state index in [4.69, 9.17) is 0 Å². The molecule has 3 heterocycles. The molecule has 0 aromatic carbocycles. The lowest BCUT2D eigenvalue weighted by Crippen LogP contribution is -2.43. The molecule has 0 unspecified atom stereocenters. The molecule has 0 radical (unpaired) electrons. The number of piperidine rings is 1. The highest BCUT2D eigenvalue weighted by molar-refractivity contribution is 5.81. The van der Waals surface area contributed by atoms with E-state index in [-0.39, 0.29) is 18.5 Å². The molecule has 2 aromatic heterocycles. The van der Waals surface area contributed by atoms with Crippen LogP contribution in [0.2, 0.25) is 0 Å². The van der Waals surface area contributed by atoms with E-state index in [1.165, 1.54) is 0 Å². The molecule has 1 saturated heterocycles. The van der Waals surface area contributed by atoms with E-state index in [0.29, 0.717) is 0 Å². The van der Waals surface area contributed by atoms with Gasteiger partial charge in [-0.15, -0.1) is 0 Å². The minimum atomic E-state index is 0.00644. The van der Waals surface area contributed by atoms with Crippen LogP contribution in [0.1, 0.15) is 18.5 Å². The van der Waals surface area contributed by atoms with E-state index in [9.17, 15) is 4.79 Å². The van der Waals surface area contributed by atoms with Crippen LogP contribution in [0.15, 0.2) is 18.3 Å². The zero-order valence-electron chi connectivity index (χ0n) is 11.6. The number of carbonyl (C=O) groups excluding carboxylic acids is 1. The van der Waals surface area contributed by atoms with Crippen molar-refractivity contribution in [2.24, 2.45) is 0 Å². The fraction of sp³-hybridized carbons (Fsp3) is 0.500. The van der Waals surface area contributed by atoms with Gasteiger partial charge in [0.2, 0.25) is 5.91 Å². The first-order valence-electron chi connectivity index (χ1n) is 7.02. The fourth-order valence-corrected chi connectivity index (χ4v) is 2.65. The van der Waals surface area contributed by atoms with E-state index in [0.717, 1.165) is 42.7 Å². The number of hydrogen-bond acceptors (Lipinski definition) is 4. The van der Waals surface area contributed by atoms with Crippen molar-refractivity contribution in [2.45, 2.75) is 32.4 Å². The first-order valence-corrected chi connectivity index (χ1v) is 7.02. The summed E-state index contributed by atoms with van der Waals surface area (Å²) in [7, 11) is 0. The minimum Gasteiger partial charge on any atom is -0.352 e. The summed E-state index contributed by atoms with van der Waals surface area (Å²) in [6.07, 6.45) is 3.70. The zero-order chi connectivity index (χ0) is 13.9. The molecule has 0 saturated carbocycles. The molecule has 2 N–H and O–H groups in total. The maximum Gasteiger partial charge on any atom is 0.242 e. The van der Waals surface area contributed by atoms with Crippen LogP contribution < -0.4 is 10.6 Å². The number of aromatic nitrogens is 3. The number of aryl methyl sites for hydroxylation is 1. The smallest absolute Gasteiger partial charge is 0.242 e. The second-order valence-corrected chi connectivity index (χ2v) is 5.21. The van der Waals surface area contributed by atoms with Crippen LogP contribution >= 0.6 is 0 Å². The third-order valence-corrected chi connectivity index (χ3v) is 3.69. The molecule has 3 rings (SSSR count). The summed E-state index contributed by atoms with van der Waals surface area (Å²) >= 11 is 0. The van der Waals surface area contributed by atoms with E-state index in [1.807, 2.05) is 19.1 Å². The van der Waals surface area contributed by atoms with Crippen molar-refractivity contribution in [3.63, 3.8) is 0 Å². The quantitative estimate of drug-likeness (QED) is 0.859. The number of hydrogen-bond donors (Lipinski definition) is 2. The average Bonchev–Trinajstić information content (AvgIpc) is 2.77. The van der Waals surface area contributed by atoms with Crippen LogP contribution in [0.3, 0.4) is 0 Å². The number of nitrogens with zero attached hydrogens (tertiary/aromatic N) is 3. The van der Waals surface area contributed by atoms with Gasteiger partial charge < -0.3 is 10.6 Å². The van der Waals surface area contributed by atoms with Crippen molar-refractivity contribution < 1.29 is 4.79 Å². The van der Waals surface area contributed by atoms with Crippen molar-refractivity contribution in [3.05, 3.63) is 24.0 Å². The summed E-state index contributed by atoms with van der Waals surface area (Å²) in [4.78, 5) is 16.4. The van der Waals surface area contributed by atoms with Gasteiger partial charge in [-0.2, -0.15) is 5.10 Å². The summed E-state index contributed by atoms with van der Waals surface area (Å²) < 4.78 is 1.68. The van der Waals surface area contributed by atoms with Gasteiger partial charge in [-0.25, -0.2) is 9.67 Å². The highest BCUT2D eigenvalue weighted by Gasteiger charge is 2.17. The van der Waals surface area contributed by atoms with Crippen LogP contribution in [0.5, 0.6) is 0 Å². The van der Waals surface area contributed by atoms with Crippen molar-refractivity contribution >= 4 is 16.9 Å². The average molecular weight is 273 g/mol. The Morgan fingerprint density at radius 3 is 3.10 bits per heavy atom. The molecule has 6 heteroatoms. The van der Waals surface area contributed by atoms with Gasteiger partial charge in [0.25, 0.3) is 0 Å². The molecular weight excluding hydrogens is 254 g/mol. The molecule has 1 fully saturated rings. The largest absolute Gasteiger partial charge is 0.352 e. The first kappa shape index (κ1) is 13.1.